The van der Waals surface area contributed by atoms with Gasteiger partial charge < -0.3 is 5.32 Å². The van der Waals surface area contributed by atoms with Crippen LogP contribution in [-0.4, -0.2) is 9.97 Å². The lowest BCUT2D eigenvalue weighted by molar-refractivity contribution is 0.850. The van der Waals surface area contributed by atoms with Crippen molar-refractivity contribution in [3.8, 4) is 0 Å². The fourth-order valence-electron chi connectivity index (χ4n) is 1.70. The summed E-state index contributed by atoms with van der Waals surface area (Å²) in [4.78, 5) is 8.26. The van der Waals surface area contributed by atoms with Crippen molar-refractivity contribution in [2.45, 2.75) is 19.8 Å². The van der Waals surface area contributed by atoms with Crippen LogP contribution >= 0.6 is 39.1 Å². The third kappa shape index (κ3) is 3.38. The first-order valence-corrected chi connectivity index (χ1v) is 7.26. The third-order valence-corrected chi connectivity index (χ3v) is 3.70. The van der Waals surface area contributed by atoms with Crippen LogP contribution in [0.3, 0.4) is 0 Å². The van der Waals surface area contributed by atoms with Crippen LogP contribution in [0.4, 0.5) is 11.5 Å². The zero-order chi connectivity index (χ0) is 14.0. The Hall–Kier alpha value is -0.840. The second-order valence-corrected chi connectivity index (χ2v) is 6.01. The third-order valence-electron chi connectivity index (χ3n) is 2.60. The molecule has 0 saturated heterocycles. The Bertz CT molecular complexity index is 602. The number of benzene rings is 1. The highest BCUT2D eigenvalue weighted by Crippen LogP contribution is 2.33. The Morgan fingerprint density at radius 1 is 1.21 bits per heavy atom. The number of hydrogen-bond donors (Lipinski definition) is 1. The Balaban J connectivity index is 2.41. The molecule has 1 N–H and O–H groups in total. The van der Waals surface area contributed by atoms with Crippen LogP contribution in [0.5, 0.6) is 0 Å². The number of aromatic nitrogens is 2. The Kier molecular flexibility index (Phi) is 4.66. The summed E-state index contributed by atoms with van der Waals surface area (Å²) in [7, 11) is 0. The summed E-state index contributed by atoms with van der Waals surface area (Å²) >= 11 is 15.7. The highest BCUT2D eigenvalue weighted by atomic mass is 79.9. The molecular weight excluding hydrogens is 349 g/mol. The van der Waals surface area contributed by atoms with E-state index in [1.54, 1.807) is 0 Å². The first-order chi connectivity index (χ1) is 8.99. The van der Waals surface area contributed by atoms with Gasteiger partial charge in [-0.3, -0.25) is 0 Å². The lowest BCUT2D eigenvalue weighted by atomic mass is 10.1. The fraction of sp³-hybridized carbons (Fsp3) is 0.231. The fourth-order valence-corrected chi connectivity index (χ4v) is 2.78. The van der Waals surface area contributed by atoms with Crippen LogP contribution in [0, 0.1) is 0 Å². The van der Waals surface area contributed by atoms with Gasteiger partial charge in [-0.2, -0.15) is 0 Å². The molecule has 100 valence electrons. The van der Waals surface area contributed by atoms with Crippen LogP contribution < -0.4 is 5.32 Å². The summed E-state index contributed by atoms with van der Waals surface area (Å²) in [5.41, 5.74) is 1.66. The molecule has 1 aromatic carbocycles. The summed E-state index contributed by atoms with van der Waals surface area (Å²) in [6, 6.07) is 5.61. The van der Waals surface area contributed by atoms with Gasteiger partial charge in [-0.1, -0.05) is 53.0 Å². The number of nitrogens with one attached hydrogen (secondary N) is 1. The quantitative estimate of drug-likeness (QED) is 0.743. The molecule has 0 spiro atoms. The van der Waals surface area contributed by atoms with Crippen molar-refractivity contribution in [1.82, 2.24) is 9.97 Å². The minimum atomic E-state index is 0.213. The van der Waals surface area contributed by atoms with Crippen LogP contribution in [0.15, 0.2) is 29.0 Å². The first kappa shape index (κ1) is 14.6. The van der Waals surface area contributed by atoms with Gasteiger partial charge in [0.1, 0.15) is 17.3 Å². The molecule has 0 aliphatic heterocycles. The van der Waals surface area contributed by atoms with Gasteiger partial charge in [-0.25, -0.2) is 9.97 Å². The largest absolute Gasteiger partial charge is 0.339 e. The maximum atomic E-state index is 6.18. The highest BCUT2D eigenvalue weighted by molar-refractivity contribution is 9.10. The first-order valence-electron chi connectivity index (χ1n) is 5.71. The Morgan fingerprint density at radius 3 is 2.58 bits per heavy atom. The molecule has 0 unspecified atom stereocenters. The lowest BCUT2D eigenvalue weighted by Gasteiger charge is -2.15. The van der Waals surface area contributed by atoms with Crippen LogP contribution in [0.25, 0.3) is 0 Å². The normalized spacial score (nSPS) is 10.8. The number of halogens is 3. The van der Waals surface area contributed by atoms with Crippen molar-refractivity contribution >= 4 is 50.6 Å². The van der Waals surface area contributed by atoms with Crippen molar-refractivity contribution in [2.75, 3.05) is 5.32 Å². The van der Waals surface area contributed by atoms with Crippen molar-refractivity contribution < 1.29 is 0 Å². The maximum absolute atomic E-state index is 6.18. The smallest absolute Gasteiger partial charge is 0.138 e. The molecule has 1 aromatic heterocycles. The van der Waals surface area contributed by atoms with Crippen LogP contribution in [0.2, 0.25) is 10.2 Å². The van der Waals surface area contributed by atoms with Gasteiger partial charge in [0.15, 0.2) is 0 Å². The molecule has 6 heteroatoms. The molecule has 0 bridgehead atoms. The van der Waals surface area contributed by atoms with Gasteiger partial charge in [0.25, 0.3) is 0 Å². The Labute approximate surface area is 130 Å². The van der Waals surface area contributed by atoms with Gasteiger partial charge in [-0.15, -0.1) is 0 Å². The van der Waals surface area contributed by atoms with E-state index in [-0.39, 0.29) is 5.92 Å². The topological polar surface area (TPSA) is 37.8 Å². The molecule has 0 saturated carbocycles. The molecule has 2 rings (SSSR count). The zero-order valence-electron chi connectivity index (χ0n) is 10.4. The van der Waals surface area contributed by atoms with E-state index >= 15 is 0 Å². The molecule has 2 aromatic rings. The van der Waals surface area contributed by atoms with Crippen molar-refractivity contribution in [1.29, 1.82) is 0 Å². The average Bonchev–Trinajstić information content (AvgIpc) is 2.32. The van der Waals surface area contributed by atoms with E-state index < -0.39 is 0 Å². The molecule has 0 aliphatic carbocycles. The van der Waals surface area contributed by atoms with E-state index in [0.29, 0.717) is 16.0 Å². The van der Waals surface area contributed by atoms with E-state index in [9.17, 15) is 0 Å². The van der Waals surface area contributed by atoms with Gasteiger partial charge in [0.05, 0.1) is 10.7 Å². The van der Waals surface area contributed by atoms with Gasteiger partial charge in [0, 0.05) is 10.0 Å². The number of nitrogens with zero attached hydrogens (tertiary/aromatic N) is 2. The van der Waals surface area contributed by atoms with E-state index in [2.05, 4.69) is 31.2 Å². The summed E-state index contributed by atoms with van der Waals surface area (Å²) in [6.07, 6.45) is 1.43. The van der Waals surface area contributed by atoms with Crippen molar-refractivity contribution in [2.24, 2.45) is 0 Å². The summed E-state index contributed by atoms with van der Waals surface area (Å²) in [5, 5.41) is 4.27. The van der Waals surface area contributed by atoms with E-state index in [1.165, 1.54) is 6.33 Å². The SMILES string of the molecule is CC(C)c1c(Cl)ncnc1Nc1ccc(Br)cc1Cl. The molecule has 3 nitrogen and oxygen atoms in total. The highest BCUT2D eigenvalue weighted by Gasteiger charge is 2.14. The standard InChI is InChI=1S/C13H12BrCl2N3/c1-7(2)11-12(16)17-6-18-13(11)19-10-4-3-8(14)5-9(10)15/h3-7H,1-2H3,(H,17,18,19). The lowest BCUT2D eigenvalue weighted by Crippen LogP contribution is -2.03. The molecule has 0 atom stereocenters. The molecule has 0 aliphatic rings. The predicted molar refractivity (Wildman–Crippen MR) is 83.6 cm³/mol. The minimum absolute atomic E-state index is 0.213. The van der Waals surface area contributed by atoms with Crippen molar-refractivity contribution in [3.63, 3.8) is 0 Å². The number of rotatable bonds is 3. The van der Waals surface area contributed by atoms with E-state index in [0.717, 1.165) is 15.7 Å². The van der Waals surface area contributed by atoms with E-state index in [1.807, 2.05) is 32.0 Å². The van der Waals surface area contributed by atoms with E-state index in [4.69, 9.17) is 23.2 Å². The molecule has 0 fully saturated rings. The molecular formula is C13H12BrCl2N3. The van der Waals surface area contributed by atoms with Crippen LogP contribution in [0.1, 0.15) is 25.3 Å². The second-order valence-electron chi connectivity index (χ2n) is 4.33. The minimum Gasteiger partial charge on any atom is -0.339 e. The summed E-state index contributed by atoms with van der Waals surface area (Å²) in [5.74, 6) is 0.893. The monoisotopic (exact) mass is 359 g/mol. The van der Waals surface area contributed by atoms with Gasteiger partial charge in [-0.05, 0) is 24.1 Å². The molecule has 0 radical (unpaired) electrons. The number of anilines is 2. The summed E-state index contributed by atoms with van der Waals surface area (Å²) in [6.45, 7) is 4.08. The molecule has 0 amide bonds. The average molecular weight is 361 g/mol. The van der Waals surface area contributed by atoms with Crippen LogP contribution in [-0.2, 0) is 0 Å². The van der Waals surface area contributed by atoms with Crippen molar-refractivity contribution in [3.05, 3.63) is 44.7 Å². The number of hydrogen-bond acceptors (Lipinski definition) is 3. The molecule has 19 heavy (non-hydrogen) atoms. The Morgan fingerprint density at radius 2 is 1.95 bits per heavy atom. The van der Waals surface area contributed by atoms with Gasteiger partial charge in [0.2, 0.25) is 0 Å². The zero-order valence-corrected chi connectivity index (χ0v) is 13.5. The maximum Gasteiger partial charge on any atom is 0.138 e. The predicted octanol–water partition coefficient (Wildman–Crippen LogP) is 5.41. The summed E-state index contributed by atoms with van der Waals surface area (Å²) < 4.78 is 0.924. The molecule has 1 heterocycles. The second kappa shape index (κ2) is 6.07. The van der Waals surface area contributed by atoms with Gasteiger partial charge >= 0.3 is 0 Å².